The van der Waals surface area contributed by atoms with Crippen molar-refractivity contribution in [3.63, 3.8) is 0 Å². The Morgan fingerprint density at radius 2 is 2.54 bits per heavy atom. The molecule has 2 nitrogen and oxygen atoms in total. The molecule has 1 aromatic heterocycles. The monoisotopic (exact) mass is 215 g/mol. The molecule has 1 atom stereocenters. The fraction of sp³-hybridized carbons (Fsp3) is 0.444. The molecule has 0 amide bonds. The minimum absolute atomic E-state index is 0.00356. The van der Waals surface area contributed by atoms with E-state index in [4.69, 9.17) is 11.6 Å². The van der Waals surface area contributed by atoms with Crippen LogP contribution < -0.4 is 5.32 Å². The Labute approximate surface area is 85.9 Å². The average Bonchev–Trinajstić information content (AvgIpc) is 2.72. The minimum Gasteiger partial charge on any atom is -0.307 e. The molecule has 0 aliphatic carbocycles. The zero-order valence-electron chi connectivity index (χ0n) is 7.05. The van der Waals surface area contributed by atoms with Crippen molar-refractivity contribution in [1.29, 1.82) is 0 Å². The Hall–Kier alpha value is -0.380. The van der Waals surface area contributed by atoms with E-state index >= 15 is 0 Å². The first kappa shape index (κ1) is 9.19. The molecule has 2 heterocycles. The second-order valence-corrected chi connectivity index (χ2v) is 4.43. The van der Waals surface area contributed by atoms with Crippen molar-refractivity contribution in [2.45, 2.75) is 18.9 Å². The van der Waals surface area contributed by atoms with Crippen molar-refractivity contribution in [3.8, 4) is 0 Å². The maximum atomic E-state index is 11.8. The van der Waals surface area contributed by atoms with Gasteiger partial charge in [-0.3, -0.25) is 4.79 Å². The summed E-state index contributed by atoms with van der Waals surface area (Å²) in [6.07, 6.45) is 2.02. The molecular formula is C9H10ClNOS. The fourth-order valence-electron chi connectivity index (χ4n) is 1.54. The number of thiophene rings is 1. The normalized spacial score (nSPS) is 22.1. The Morgan fingerprint density at radius 1 is 1.69 bits per heavy atom. The van der Waals surface area contributed by atoms with Gasteiger partial charge in [0.15, 0.2) is 5.78 Å². The van der Waals surface area contributed by atoms with Crippen LogP contribution in [0, 0.1) is 0 Å². The van der Waals surface area contributed by atoms with Crippen molar-refractivity contribution in [3.05, 3.63) is 21.3 Å². The molecule has 1 fully saturated rings. The Balaban J connectivity index is 2.17. The van der Waals surface area contributed by atoms with Gasteiger partial charge in [-0.25, -0.2) is 0 Å². The second-order valence-electron chi connectivity index (χ2n) is 3.11. The lowest BCUT2D eigenvalue weighted by Crippen LogP contribution is -2.30. The molecule has 2 rings (SSSR count). The first-order chi connectivity index (χ1) is 6.29. The molecule has 1 aliphatic rings. The summed E-state index contributed by atoms with van der Waals surface area (Å²) < 4.78 is 0. The van der Waals surface area contributed by atoms with Crippen LogP contribution >= 0.6 is 22.9 Å². The summed E-state index contributed by atoms with van der Waals surface area (Å²) in [7, 11) is 0. The number of rotatable bonds is 2. The maximum Gasteiger partial charge on any atom is 0.191 e. The van der Waals surface area contributed by atoms with Crippen LogP contribution in [-0.4, -0.2) is 18.4 Å². The van der Waals surface area contributed by atoms with E-state index in [1.54, 1.807) is 6.07 Å². The second kappa shape index (κ2) is 3.78. The molecule has 1 unspecified atom stereocenters. The first-order valence-corrected chi connectivity index (χ1v) is 5.55. The van der Waals surface area contributed by atoms with E-state index in [1.165, 1.54) is 11.3 Å². The van der Waals surface area contributed by atoms with Gasteiger partial charge in [-0.15, -0.1) is 11.3 Å². The van der Waals surface area contributed by atoms with Crippen LogP contribution in [0.1, 0.15) is 22.5 Å². The van der Waals surface area contributed by atoms with Gasteiger partial charge in [0, 0.05) is 0 Å². The molecule has 13 heavy (non-hydrogen) atoms. The van der Waals surface area contributed by atoms with Gasteiger partial charge < -0.3 is 5.32 Å². The molecule has 0 bridgehead atoms. The molecule has 0 spiro atoms. The molecule has 1 aromatic rings. The van der Waals surface area contributed by atoms with E-state index < -0.39 is 0 Å². The summed E-state index contributed by atoms with van der Waals surface area (Å²) in [6.45, 7) is 0.944. The smallest absolute Gasteiger partial charge is 0.191 e. The third-order valence-electron chi connectivity index (χ3n) is 2.22. The number of Topliss-reactive ketones (excluding diaryl/α,β-unsaturated/α-hetero) is 1. The Kier molecular flexibility index (Phi) is 2.67. The summed E-state index contributed by atoms with van der Waals surface area (Å²) in [5, 5.41) is 5.61. The summed E-state index contributed by atoms with van der Waals surface area (Å²) in [4.78, 5) is 12.5. The van der Waals surface area contributed by atoms with Gasteiger partial charge >= 0.3 is 0 Å². The van der Waals surface area contributed by atoms with Crippen LogP contribution in [0.15, 0.2) is 11.4 Å². The topological polar surface area (TPSA) is 29.1 Å². The predicted molar refractivity (Wildman–Crippen MR) is 54.7 cm³/mol. The SMILES string of the molecule is O=C(c1sccc1Cl)C1CCCN1. The zero-order chi connectivity index (χ0) is 9.26. The van der Waals surface area contributed by atoms with Crippen LogP contribution in [0.5, 0.6) is 0 Å². The van der Waals surface area contributed by atoms with E-state index in [2.05, 4.69) is 5.32 Å². The maximum absolute atomic E-state index is 11.8. The summed E-state index contributed by atoms with van der Waals surface area (Å²) in [6, 6.07) is 1.77. The number of ketones is 1. The highest BCUT2D eigenvalue weighted by atomic mass is 35.5. The average molecular weight is 216 g/mol. The van der Waals surface area contributed by atoms with Crippen LogP contribution in [0.25, 0.3) is 0 Å². The van der Waals surface area contributed by atoms with Crippen molar-refractivity contribution in [2.75, 3.05) is 6.54 Å². The zero-order valence-corrected chi connectivity index (χ0v) is 8.62. The Morgan fingerprint density at radius 3 is 3.08 bits per heavy atom. The summed E-state index contributed by atoms with van der Waals surface area (Å²) in [5.74, 6) is 0.150. The lowest BCUT2D eigenvalue weighted by Gasteiger charge is -2.06. The van der Waals surface area contributed by atoms with Crippen molar-refractivity contribution in [1.82, 2.24) is 5.32 Å². The minimum atomic E-state index is -0.00356. The number of carbonyl (C=O) groups is 1. The van der Waals surface area contributed by atoms with Gasteiger partial charge in [-0.2, -0.15) is 0 Å². The number of halogens is 1. The third-order valence-corrected chi connectivity index (χ3v) is 3.57. The summed E-state index contributed by atoms with van der Waals surface area (Å²) >= 11 is 7.30. The lowest BCUT2D eigenvalue weighted by atomic mass is 10.1. The first-order valence-electron chi connectivity index (χ1n) is 4.29. The van der Waals surface area contributed by atoms with Crippen molar-refractivity contribution >= 4 is 28.7 Å². The standard InChI is InChI=1S/C9H10ClNOS/c10-6-3-5-13-9(6)8(12)7-2-1-4-11-7/h3,5,7,11H,1-2,4H2. The highest BCUT2D eigenvalue weighted by molar-refractivity contribution is 7.12. The van der Waals surface area contributed by atoms with E-state index in [-0.39, 0.29) is 11.8 Å². The number of hydrogen-bond acceptors (Lipinski definition) is 3. The van der Waals surface area contributed by atoms with Crippen LogP contribution in [0.3, 0.4) is 0 Å². The van der Waals surface area contributed by atoms with Crippen LogP contribution in [0.4, 0.5) is 0 Å². The lowest BCUT2D eigenvalue weighted by molar-refractivity contribution is 0.0956. The molecule has 1 saturated heterocycles. The fourth-order valence-corrected chi connectivity index (χ4v) is 2.68. The molecule has 4 heteroatoms. The number of hydrogen-bond donors (Lipinski definition) is 1. The van der Waals surface area contributed by atoms with Gasteiger partial charge in [-0.05, 0) is 30.8 Å². The highest BCUT2D eigenvalue weighted by Crippen LogP contribution is 2.25. The number of nitrogens with one attached hydrogen (secondary N) is 1. The largest absolute Gasteiger partial charge is 0.307 e. The molecular weight excluding hydrogens is 206 g/mol. The molecule has 70 valence electrons. The van der Waals surface area contributed by atoms with Crippen molar-refractivity contribution < 1.29 is 4.79 Å². The molecule has 0 saturated carbocycles. The van der Waals surface area contributed by atoms with Gasteiger partial charge in [0.25, 0.3) is 0 Å². The summed E-state index contributed by atoms with van der Waals surface area (Å²) in [5.41, 5.74) is 0. The van der Waals surface area contributed by atoms with Crippen molar-refractivity contribution in [2.24, 2.45) is 0 Å². The van der Waals surface area contributed by atoms with Crippen LogP contribution in [0.2, 0.25) is 5.02 Å². The highest BCUT2D eigenvalue weighted by Gasteiger charge is 2.25. The van der Waals surface area contributed by atoms with Crippen LogP contribution in [-0.2, 0) is 0 Å². The van der Waals surface area contributed by atoms with E-state index in [9.17, 15) is 4.79 Å². The van der Waals surface area contributed by atoms with Gasteiger partial charge in [0.2, 0.25) is 0 Å². The molecule has 0 radical (unpaired) electrons. The quantitative estimate of drug-likeness (QED) is 0.768. The van der Waals surface area contributed by atoms with Gasteiger partial charge in [0.1, 0.15) is 0 Å². The van der Waals surface area contributed by atoms with E-state index in [0.717, 1.165) is 19.4 Å². The Bertz CT molecular complexity index is 317. The molecule has 1 aliphatic heterocycles. The molecule has 0 aromatic carbocycles. The molecule has 1 N–H and O–H groups in total. The van der Waals surface area contributed by atoms with E-state index in [1.807, 2.05) is 5.38 Å². The van der Waals surface area contributed by atoms with Gasteiger partial charge in [0.05, 0.1) is 15.9 Å². The number of carbonyl (C=O) groups excluding carboxylic acids is 1. The van der Waals surface area contributed by atoms with E-state index in [0.29, 0.717) is 9.90 Å². The van der Waals surface area contributed by atoms with Gasteiger partial charge in [-0.1, -0.05) is 11.6 Å². The predicted octanol–water partition coefficient (Wildman–Crippen LogP) is 2.34. The third kappa shape index (κ3) is 1.77.